The summed E-state index contributed by atoms with van der Waals surface area (Å²) in [5.74, 6) is -0.606. The van der Waals surface area contributed by atoms with Crippen molar-refractivity contribution in [3.8, 4) is 0 Å². The molecule has 0 saturated heterocycles. The molecule has 1 N–H and O–H groups in total. The van der Waals surface area contributed by atoms with E-state index in [1.54, 1.807) is 0 Å². The molecule has 0 unspecified atom stereocenters. The van der Waals surface area contributed by atoms with Crippen LogP contribution in [0.4, 0.5) is 0 Å². The zero-order valence-corrected chi connectivity index (χ0v) is 8.31. The average molecular weight is 182 g/mol. The predicted octanol–water partition coefficient (Wildman–Crippen LogP) is 2.82. The second kappa shape index (κ2) is 2.73. The monoisotopic (exact) mass is 182 g/mol. The lowest BCUT2D eigenvalue weighted by Crippen LogP contribution is -2.40. The van der Waals surface area contributed by atoms with Gasteiger partial charge in [0, 0.05) is 0 Å². The molecule has 2 bridgehead atoms. The minimum absolute atomic E-state index is 0.184. The van der Waals surface area contributed by atoms with E-state index in [2.05, 4.69) is 6.92 Å². The lowest BCUT2D eigenvalue weighted by Gasteiger charge is -2.51. The van der Waals surface area contributed by atoms with Gasteiger partial charge in [0.05, 0.1) is 6.42 Å². The Hall–Kier alpha value is -0.530. The van der Waals surface area contributed by atoms with Gasteiger partial charge in [0.15, 0.2) is 0 Å². The summed E-state index contributed by atoms with van der Waals surface area (Å²) in [5.41, 5.74) is 0.740. The van der Waals surface area contributed by atoms with Crippen molar-refractivity contribution < 1.29 is 9.90 Å². The van der Waals surface area contributed by atoms with Gasteiger partial charge in [0.25, 0.3) is 0 Å². The van der Waals surface area contributed by atoms with E-state index in [-0.39, 0.29) is 5.41 Å². The van der Waals surface area contributed by atoms with Gasteiger partial charge in [-0.3, -0.25) is 4.79 Å². The molecule has 0 heterocycles. The number of hydrogen-bond donors (Lipinski definition) is 1. The lowest BCUT2D eigenvalue weighted by atomic mass is 9.53. The fourth-order valence-electron chi connectivity index (χ4n) is 3.04. The topological polar surface area (TPSA) is 37.3 Å². The maximum atomic E-state index is 10.7. The molecule has 3 saturated carbocycles. The predicted molar refractivity (Wildman–Crippen MR) is 50.5 cm³/mol. The average Bonchev–Trinajstić information content (AvgIpc) is 2.07. The zero-order chi connectivity index (χ0) is 9.53. The summed E-state index contributed by atoms with van der Waals surface area (Å²) in [6.45, 7) is 2.36. The highest BCUT2D eigenvalue weighted by molar-refractivity contribution is 5.67. The van der Waals surface area contributed by atoms with Crippen molar-refractivity contribution in [1.29, 1.82) is 0 Å². The van der Waals surface area contributed by atoms with Crippen molar-refractivity contribution in [3.63, 3.8) is 0 Å². The van der Waals surface area contributed by atoms with E-state index >= 15 is 0 Å². The van der Waals surface area contributed by atoms with Crippen LogP contribution in [-0.2, 0) is 4.79 Å². The summed E-state index contributed by atoms with van der Waals surface area (Å²) in [6.07, 6.45) is 7.60. The van der Waals surface area contributed by atoms with Gasteiger partial charge < -0.3 is 5.11 Å². The van der Waals surface area contributed by atoms with E-state index in [0.717, 1.165) is 19.3 Å². The number of rotatable bonds is 2. The highest BCUT2D eigenvalue weighted by Gasteiger charge is 2.46. The van der Waals surface area contributed by atoms with Crippen molar-refractivity contribution in [3.05, 3.63) is 0 Å². The normalized spacial score (nSPS) is 43.5. The van der Waals surface area contributed by atoms with Crippen LogP contribution in [0.15, 0.2) is 0 Å². The van der Waals surface area contributed by atoms with Crippen molar-refractivity contribution in [2.75, 3.05) is 0 Å². The molecular formula is C11H18O2. The lowest BCUT2D eigenvalue weighted by molar-refractivity contribution is -0.142. The molecule has 13 heavy (non-hydrogen) atoms. The van der Waals surface area contributed by atoms with Crippen LogP contribution in [0.1, 0.15) is 51.9 Å². The molecule has 0 aromatic heterocycles. The number of fused-ring (bicyclic) bond motifs is 3. The maximum absolute atomic E-state index is 10.7. The molecule has 3 fully saturated rings. The Bertz CT molecular complexity index is 208. The summed E-state index contributed by atoms with van der Waals surface area (Å²) >= 11 is 0. The quantitative estimate of drug-likeness (QED) is 0.713. The third kappa shape index (κ3) is 1.59. The van der Waals surface area contributed by atoms with Gasteiger partial charge in [-0.05, 0) is 49.4 Å². The first-order valence-electron chi connectivity index (χ1n) is 5.26. The first-order chi connectivity index (χ1) is 6.04. The van der Waals surface area contributed by atoms with E-state index in [1.165, 1.54) is 19.3 Å². The van der Waals surface area contributed by atoms with Crippen LogP contribution < -0.4 is 0 Å². The van der Waals surface area contributed by atoms with Crippen LogP contribution in [0.2, 0.25) is 0 Å². The van der Waals surface area contributed by atoms with E-state index in [4.69, 9.17) is 5.11 Å². The highest BCUT2D eigenvalue weighted by Crippen LogP contribution is 2.57. The first-order valence-corrected chi connectivity index (χ1v) is 5.26. The summed E-state index contributed by atoms with van der Waals surface area (Å²) in [6, 6.07) is 0. The van der Waals surface area contributed by atoms with Gasteiger partial charge in [-0.15, -0.1) is 0 Å². The number of carboxylic acids is 1. The van der Waals surface area contributed by atoms with Gasteiger partial charge >= 0.3 is 5.97 Å². The Morgan fingerprint density at radius 3 is 2.00 bits per heavy atom. The minimum atomic E-state index is -0.606. The van der Waals surface area contributed by atoms with Crippen LogP contribution in [-0.4, -0.2) is 11.1 Å². The molecule has 0 spiro atoms. The molecule has 2 nitrogen and oxygen atoms in total. The maximum Gasteiger partial charge on any atom is 0.303 e. The van der Waals surface area contributed by atoms with Crippen LogP contribution in [0.5, 0.6) is 0 Å². The molecule has 3 aliphatic carbocycles. The molecule has 74 valence electrons. The SMILES string of the molecule is CC12CCC(CC(=O)O)(CC1)CC2. The van der Waals surface area contributed by atoms with Crippen molar-refractivity contribution in [2.24, 2.45) is 10.8 Å². The molecule has 0 aromatic rings. The van der Waals surface area contributed by atoms with Crippen molar-refractivity contribution >= 4 is 5.97 Å². The van der Waals surface area contributed by atoms with Gasteiger partial charge in [0.2, 0.25) is 0 Å². The largest absolute Gasteiger partial charge is 0.481 e. The summed E-state index contributed by atoms with van der Waals surface area (Å²) < 4.78 is 0. The minimum Gasteiger partial charge on any atom is -0.481 e. The smallest absolute Gasteiger partial charge is 0.303 e. The Morgan fingerprint density at radius 2 is 1.62 bits per heavy atom. The Balaban J connectivity index is 2.07. The molecule has 0 atom stereocenters. The molecule has 3 aliphatic rings. The third-order valence-corrected chi connectivity index (χ3v) is 4.30. The van der Waals surface area contributed by atoms with Crippen LogP contribution in [0.25, 0.3) is 0 Å². The fourth-order valence-corrected chi connectivity index (χ4v) is 3.04. The van der Waals surface area contributed by atoms with Crippen molar-refractivity contribution in [2.45, 2.75) is 51.9 Å². The Labute approximate surface area is 79.3 Å². The van der Waals surface area contributed by atoms with Crippen molar-refractivity contribution in [1.82, 2.24) is 0 Å². The second-order valence-electron chi connectivity index (χ2n) is 5.38. The van der Waals surface area contributed by atoms with Gasteiger partial charge in [-0.1, -0.05) is 6.92 Å². The zero-order valence-electron chi connectivity index (χ0n) is 8.31. The summed E-state index contributed by atoms with van der Waals surface area (Å²) in [7, 11) is 0. The molecule has 0 amide bonds. The number of carboxylic acid groups (broad SMARTS) is 1. The Morgan fingerprint density at radius 1 is 1.15 bits per heavy atom. The number of aliphatic carboxylic acids is 1. The molecule has 0 aromatic carbocycles. The molecule has 0 radical (unpaired) electrons. The first kappa shape index (κ1) is 9.04. The Kier molecular flexibility index (Phi) is 1.90. The summed E-state index contributed by atoms with van der Waals surface area (Å²) in [4.78, 5) is 10.7. The fraction of sp³-hybridized carbons (Fsp3) is 0.909. The van der Waals surface area contributed by atoms with Gasteiger partial charge in [0.1, 0.15) is 0 Å². The highest BCUT2D eigenvalue weighted by atomic mass is 16.4. The van der Waals surface area contributed by atoms with Crippen LogP contribution >= 0.6 is 0 Å². The molecule has 0 aliphatic heterocycles. The van der Waals surface area contributed by atoms with E-state index in [0.29, 0.717) is 11.8 Å². The van der Waals surface area contributed by atoms with Gasteiger partial charge in [-0.25, -0.2) is 0 Å². The van der Waals surface area contributed by atoms with Crippen LogP contribution in [0, 0.1) is 10.8 Å². The molecular weight excluding hydrogens is 164 g/mol. The van der Waals surface area contributed by atoms with Gasteiger partial charge in [-0.2, -0.15) is 0 Å². The van der Waals surface area contributed by atoms with E-state index in [1.807, 2.05) is 0 Å². The third-order valence-electron chi connectivity index (χ3n) is 4.30. The second-order valence-corrected chi connectivity index (χ2v) is 5.38. The standard InChI is InChI=1S/C11H18O2/c1-10-2-5-11(6-3-10,7-4-10)8-9(12)13/h2-8H2,1H3,(H,12,13). The van der Waals surface area contributed by atoms with Crippen LogP contribution in [0.3, 0.4) is 0 Å². The summed E-state index contributed by atoms with van der Waals surface area (Å²) in [5, 5.41) is 8.84. The number of carbonyl (C=O) groups is 1. The molecule has 2 heteroatoms. The number of hydrogen-bond acceptors (Lipinski definition) is 1. The molecule has 3 rings (SSSR count). The van der Waals surface area contributed by atoms with E-state index in [9.17, 15) is 4.79 Å². The van der Waals surface area contributed by atoms with E-state index < -0.39 is 5.97 Å².